The molecule has 0 saturated heterocycles. The first-order valence-corrected chi connectivity index (χ1v) is 5.04. The van der Waals surface area contributed by atoms with E-state index in [1.807, 2.05) is 30.3 Å². The molecule has 0 unspecified atom stereocenters. The van der Waals surface area contributed by atoms with E-state index in [9.17, 15) is 0 Å². The minimum atomic E-state index is 0.308. The van der Waals surface area contributed by atoms with E-state index in [2.05, 4.69) is 10.3 Å². The van der Waals surface area contributed by atoms with Crippen LogP contribution in [0.4, 0.5) is 0 Å². The molecule has 0 aliphatic carbocycles. The molecule has 1 aromatic carbocycles. The summed E-state index contributed by atoms with van der Waals surface area (Å²) in [5.41, 5.74) is 7.47. The maximum atomic E-state index is 5.38. The molecule has 0 saturated carbocycles. The Kier molecular flexibility index (Phi) is 2.78. The number of thiocarbonyl (C=S) groups is 1. The monoisotopic (exact) mass is 217 g/mol. The van der Waals surface area contributed by atoms with Crippen molar-refractivity contribution in [1.82, 2.24) is 10.3 Å². The average Bonchev–Trinajstić information content (AvgIpc) is 2.26. The highest BCUT2D eigenvalue weighted by molar-refractivity contribution is 7.80. The Hall–Kier alpha value is -1.68. The molecule has 0 amide bonds. The SMILES string of the molecule is NC(=S)NCc1cccc2cccnc12. The Morgan fingerprint density at radius 2 is 2.13 bits per heavy atom. The van der Waals surface area contributed by atoms with Crippen LogP contribution in [0.3, 0.4) is 0 Å². The van der Waals surface area contributed by atoms with Crippen LogP contribution in [0.5, 0.6) is 0 Å². The fourth-order valence-electron chi connectivity index (χ4n) is 1.49. The topological polar surface area (TPSA) is 50.9 Å². The van der Waals surface area contributed by atoms with Crippen LogP contribution in [0.1, 0.15) is 5.56 Å². The summed E-state index contributed by atoms with van der Waals surface area (Å²) in [5, 5.41) is 4.36. The summed E-state index contributed by atoms with van der Waals surface area (Å²) in [6, 6.07) is 10.0. The zero-order valence-electron chi connectivity index (χ0n) is 8.10. The summed E-state index contributed by atoms with van der Waals surface area (Å²) in [6.45, 7) is 0.615. The van der Waals surface area contributed by atoms with E-state index < -0.39 is 0 Å². The van der Waals surface area contributed by atoms with Crippen LogP contribution >= 0.6 is 12.2 Å². The van der Waals surface area contributed by atoms with Crippen molar-refractivity contribution in [3.8, 4) is 0 Å². The van der Waals surface area contributed by atoms with E-state index >= 15 is 0 Å². The van der Waals surface area contributed by atoms with Gasteiger partial charge in [0, 0.05) is 18.1 Å². The van der Waals surface area contributed by atoms with E-state index in [0.29, 0.717) is 11.7 Å². The van der Waals surface area contributed by atoms with E-state index in [1.165, 1.54) is 0 Å². The quantitative estimate of drug-likeness (QED) is 0.750. The van der Waals surface area contributed by atoms with Gasteiger partial charge >= 0.3 is 0 Å². The fourth-order valence-corrected chi connectivity index (χ4v) is 1.56. The maximum absolute atomic E-state index is 5.38. The van der Waals surface area contributed by atoms with E-state index in [4.69, 9.17) is 18.0 Å². The van der Waals surface area contributed by atoms with Crippen molar-refractivity contribution in [2.24, 2.45) is 5.73 Å². The Labute approximate surface area is 93.3 Å². The number of hydrogen-bond donors (Lipinski definition) is 2. The number of para-hydroxylation sites is 1. The highest BCUT2D eigenvalue weighted by atomic mass is 32.1. The van der Waals surface area contributed by atoms with Crippen molar-refractivity contribution in [2.75, 3.05) is 0 Å². The number of nitrogens with zero attached hydrogens (tertiary/aromatic N) is 1. The summed E-state index contributed by atoms with van der Waals surface area (Å²) in [5.74, 6) is 0. The number of aromatic nitrogens is 1. The van der Waals surface area contributed by atoms with Gasteiger partial charge in [0.15, 0.2) is 5.11 Å². The fraction of sp³-hybridized carbons (Fsp3) is 0.0909. The minimum Gasteiger partial charge on any atom is -0.376 e. The van der Waals surface area contributed by atoms with Crippen molar-refractivity contribution >= 4 is 28.2 Å². The maximum Gasteiger partial charge on any atom is 0.163 e. The molecule has 3 N–H and O–H groups in total. The van der Waals surface area contributed by atoms with Crippen LogP contribution < -0.4 is 11.1 Å². The van der Waals surface area contributed by atoms with Gasteiger partial charge in [-0.3, -0.25) is 4.98 Å². The molecule has 4 heteroatoms. The number of rotatable bonds is 2. The third kappa shape index (κ3) is 2.22. The molecule has 0 fully saturated rings. The van der Waals surface area contributed by atoms with Gasteiger partial charge in [0.1, 0.15) is 0 Å². The van der Waals surface area contributed by atoms with Crippen molar-refractivity contribution in [1.29, 1.82) is 0 Å². The molecule has 76 valence electrons. The lowest BCUT2D eigenvalue weighted by Gasteiger charge is -2.06. The highest BCUT2D eigenvalue weighted by Gasteiger charge is 2.00. The van der Waals surface area contributed by atoms with Gasteiger partial charge in [0.05, 0.1) is 5.52 Å². The highest BCUT2D eigenvalue weighted by Crippen LogP contribution is 2.15. The Bertz CT molecular complexity index is 491. The smallest absolute Gasteiger partial charge is 0.163 e. The summed E-state index contributed by atoms with van der Waals surface area (Å²) in [7, 11) is 0. The first-order valence-electron chi connectivity index (χ1n) is 4.63. The first kappa shape index (κ1) is 9.86. The summed E-state index contributed by atoms with van der Waals surface area (Å²) < 4.78 is 0. The van der Waals surface area contributed by atoms with Crippen LogP contribution in [-0.4, -0.2) is 10.1 Å². The summed E-state index contributed by atoms with van der Waals surface area (Å²) in [6.07, 6.45) is 1.78. The first-order chi connectivity index (χ1) is 7.27. The van der Waals surface area contributed by atoms with Crippen molar-refractivity contribution in [3.05, 3.63) is 42.1 Å². The molecule has 0 atom stereocenters. The predicted octanol–water partition coefficient (Wildman–Crippen LogP) is 1.57. The molecule has 0 aliphatic heterocycles. The second-order valence-electron chi connectivity index (χ2n) is 3.21. The molecular weight excluding hydrogens is 206 g/mol. The molecule has 3 nitrogen and oxygen atoms in total. The number of hydrogen-bond acceptors (Lipinski definition) is 2. The van der Waals surface area contributed by atoms with Gasteiger partial charge in [-0.15, -0.1) is 0 Å². The molecule has 15 heavy (non-hydrogen) atoms. The molecular formula is C11H11N3S. The standard InChI is InChI=1S/C11H11N3S/c12-11(15)14-7-9-4-1-3-8-5-2-6-13-10(8)9/h1-6H,7H2,(H3,12,14,15). The van der Waals surface area contributed by atoms with Crippen molar-refractivity contribution in [3.63, 3.8) is 0 Å². The number of nitrogens with two attached hydrogens (primary N) is 1. The van der Waals surface area contributed by atoms with Gasteiger partial charge in [-0.2, -0.15) is 0 Å². The Morgan fingerprint density at radius 3 is 2.93 bits per heavy atom. The van der Waals surface area contributed by atoms with Gasteiger partial charge < -0.3 is 11.1 Å². The van der Waals surface area contributed by atoms with Crippen LogP contribution in [-0.2, 0) is 6.54 Å². The average molecular weight is 217 g/mol. The zero-order valence-corrected chi connectivity index (χ0v) is 8.92. The third-order valence-electron chi connectivity index (χ3n) is 2.17. The molecule has 0 bridgehead atoms. The second-order valence-corrected chi connectivity index (χ2v) is 3.65. The number of benzene rings is 1. The van der Waals surface area contributed by atoms with Crippen LogP contribution in [0.25, 0.3) is 10.9 Å². The normalized spacial score (nSPS) is 10.1. The molecule has 1 aromatic heterocycles. The van der Waals surface area contributed by atoms with Gasteiger partial charge in [0.25, 0.3) is 0 Å². The van der Waals surface area contributed by atoms with Crippen molar-refractivity contribution < 1.29 is 0 Å². The van der Waals surface area contributed by atoms with Gasteiger partial charge in [-0.05, 0) is 23.8 Å². The second kappa shape index (κ2) is 4.23. The molecule has 2 aromatic rings. The van der Waals surface area contributed by atoms with E-state index in [-0.39, 0.29) is 0 Å². The van der Waals surface area contributed by atoms with Gasteiger partial charge in [-0.1, -0.05) is 24.3 Å². The summed E-state index contributed by atoms with van der Waals surface area (Å²) >= 11 is 4.76. The van der Waals surface area contributed by atoms with E-state index in [0.717, 1.165) is 16.5 Å². The van der Waals surface area contributed by atoms with Crippen LogP contribution in [0.2, 0.25) is 0 Å². The molecule has 0 radical (unpaired) electrons. The van der Waals surface area contributed by atoms with Crippen LogP contribution in [0, 0.1) is 0 Å². The predicted molar refractivity (Wildman–Crippen MR) is 65.4 cm³/mol. The summed E-state index contributed by atoms with van der Waals surface area (Å²) in [4.78, 5) is 4.34. The molecule has 1 heterocycles. The van der Waals surface area contributed by atoms with Gasteiger partial charge in [-0.25, -0.2) is 0 Å². The lowest BCUT2D eigenvalue weighted by Crippen LogP contribution is -2.28. The molecule has 2 rings (SSSR count). The van der Waals surface area contributed by atoms with Crippen molar-refractivity contribution in [2.45, 2.75) is 6.54 Å². The number of nitrogens with one attached hydrogen (secondary N) is 1. The Balaban J connectivity index is 2.38. The molecule has 0 spiro atoms. The number of pyridine rings is 1. The third-order valence-corrected chi connectivity index (χ3v) is 2.31. The largest absolute Gasteiger partial charge is 0.376 e. The zero-order chi connectivity index (χ0) is 10.7. The molecule has 0 aliphatic rings. The van der Waals surface area contributed by atoms with Crippen LogP contribution in [0.15, 0.2) is 36.5 Å². The number of fused-ring (bicyclic) bond motifs is 1. The van der Waals surface area contributed by atoms with Gasteiger partial charge in [0.2, 0.25) is 0 Å². The lowest BCUT2D eigenvalue weighted by atomic mass is 10.1. The minimum absolute atomic E-state index is 0.308. The Morgan fingerprint density at radius 1 is 1.33 bits per heavy atom. The van der Waals surface area contributed by atoms with E-state index in [1.54, 1.807) is 6.20 Å². The lowest BCUT2D eigenvalue weighted by molar-refractivity contribution is 0.925.